The molecule has 0 unspecified atom stereocenters. The van der Waals surface area contributed by atoms with Gasteiger partial charge in [-0.25, -0.2) is 4.98 Å². The first-order chi connectivity index (χ1) is 7.60. The molecule has 0 saturated heterocycles. The lowest BCUT2D eigenvalue weighted by molar-refractivity contribution is -0.124. The monoisotopic (exact) mass is 222 g/mol. The maximum absolute atomic E-state index is 12.6. The zero-order valence-electron chi connectivity index (χ0n) is 9.29. The van der Waals surface area contributed by atoms with E-state index in [9.17, 15) is 9.18 Å². The number of amides is 1. The van der Waals surface area contributed by atoms with Crippen molar-refractivity contribution >= 4 is 11.6 Å². The van der Waals surface area contributed by atoms with Gasteiger partial charge in [0.25, 0.3) is 0 Å². The summed E-state index contributed by atoms with van der Waals surface area (Å²) in [6, 6.07) is 2.77. The summed E-state index contributed by atoms with van der Waals surface area (Å²) < 4.78 is 12.6. The normalized spacial score (nSPS) is 18.4. The maximum atomic E-state index is 12.6. The number of carbonyl (C=O) groups excluding carboxylic acids is 1. The average Bonchev–Trinajstić information content (AvgIpc) is 2.70. The second kappa shape index (κ2) is 4.20. The standard InChI is InChI=1S/C12H15FN2O/c1-12(6-2-3-7-12)11(16)15-9-4-5-10(13)14-8-9/h4-5,8H,2-3,6-7H2,1H3,(H,15,16). The molecule has 0 atom stereocenters. The van der Waals surface area contributed by atoms with Gasteiger partial charge in [0.05, 0.1) is 11.9 Å². The Labute approximate surface area is 94.1 Å². The van der Waals surface area contributed by atoms with E-state index in [2.05, 4.69) is 10.3 Å². The van der Waals surface area contributed by atoms with Gasteiger partial charge >= 0.3 is 0 Å². The highest BCUT2D eigenvalue weighted by Crippen LogP contribution is 2.38. The molecule has 1 aromatic heterocycles. The molecule has 0 aromatic carbocycles. The summed E-state index contributed by atoms with van der Waals surface area (Å²) >= 11 is 0. The highest BCUT2D eigenvalue weighted by atomic mass is 19.1. The Bertz CT molecular complexity index is 383. The van der Waals surface area contributed by atoms with Crippen LogP contribution in [0.4, 0.5) is 10.1 Å². The lowest BCUT2D eigenvalue weighted by Crippen LogP contribution is -2.30. The summed E-state index contributed by atoms with van der Waals surface area (Å²) in [6.07, 6.45) is 5.39. The molecule has 1 heterocycles. The molecule has 1 aliphatic rings. The minimum absolute atomic E-state index is 0.0124. The van der Waals surface area contributed by atoms with Crippen LogP contribution in [0.3, 0.4) is 0 Å². The van der Waals surface area contributed by atoms with Crippen LogP contribution in [0, 0.1) is 11.4 Å². The van der Waals surface area contributed by atoms with Crippen LogP contribution in [0.2, 0.25) is 0 Å². The lowest BCUT2D eigenvalue weighted by Gasteiger charge is -2.21. The number of halogens is 1. The smallest absolute Gasteiger partial charge is 0.230 e. The predicted octanol–water partition coefficient (Wildman–Crippen LogP) is 2.74. The third-order valence-electron chi connectivity index (χ3n) is 3.24. The van der Waals surface area contributed by atoms with E-state index < -0.39 is 5.95 Å². The number of pyridine rings is 1. The summed E-state index contributed by atoms with van der Waals surface area (Å²) in [5, 5.41) is 2.78. The molecule has 16 heavy (non-hydrogen) atoms. The van der Waals surface area contributed by atoms with Crippen molar-refractivity contribution in [1.82, 2.24) is 4.98 Å². The first kappa shape index (κ1) is 11.0. The van der Waals surface area contributed by atoms with Crippen LogP contribution >= 0.6 is 0 Å². The van der Waals surface area contributed by atoms with Gasteiger partial charge in [0.2, 0.25) is 11.9 Å². The molecule has 2 rings (SSSR count). The maximum Gasteiger partial charge on any atom is 0.230 e. The fraction of sp³-hybridized carbons (Fsp3) is 0.500. The fourth-order valence-corrected chi connectivity index (χ4v) is 2.11. The molecule has 1 aromatic rings. The van der Waals surface area contributed by atoms with Crippen molar-refractivity contribution in [3.05, 3.63) is 24.3 Å². The first-order valence-electron chi connectivity index (χ1n) is 5.53. The summed E-state index contributed by atoms with van der Waals surface area (Å²) in [5.41, 5.74) is 0.286. The van der Waals surface area contributed by atoms with Crippen LogP contribution in [0.25, 0.3) is 0 Å². The summed E-state index contributed by atoms with van der Waals surface area (Å²) in [7, 11) is 0. The van der Waals surface area contributed by atoms with Crippen molar-refractivity contribution in [2.75, 3.05) is 5.32 Å². The molecule has 3 nitrogen and oxygen atoms in total. The number of nitrogens with one attached hydrogen (secondary N) is 1. The Morgan fingerprint density at radius 3 is 2.69 bits per heavy atom. The largest absolute Gasteiger partial charge is 0.324 e. The second-order valence-corrected chi connectivity index (χ2v) is 4.59. The van der Waals surface area contributed by atoms with Crippen molar-refractivity contribution in [2.24, 2.45) is 5.41 Å². The van der Waals surface area contributed by atoms with Gasteiger partial charge in [-0.15, -0.1) is 0 Å². The molecular formula is C12H15FN2O. The molecule has 0 bridgehead atoms. The highest BCUT2D eigenvalue weighted by Gasteiger charge is 2.36. The number of carbonyl (C=O) groups is 1. The van der Waals surface area contributed by atoms with Crippen molar-refractivity contribution in [1.29, 1.82) is 0 Å². The van der Waals surface area contributed by atoms with Crippen molar-refractivity contribution in [2.45, 2.75) is 32.6 Å². The number of hydrogen-bond donors (Lipinski definition) is 1. The molecule has 86 valence electrons. The first-order valence-corrected chi connectivity index (χ1v) is 5.53. The number of hydrogen-bond acceptors (Lipinski definition) is 2. The quantitative estimate of drug-likeness (QED) is 0.782. The second-order valence-electron chi connectivity index (χ2n) is 4.59. The Balaban J connectivity index is 2.04. The SMILES string of the molecule is CC1(C(=O)Nc2ccc(F)nc2)CCCC1. The number of rotatable bonds is 2. The molecule has 1 amide bonds. The molecule has 1 fully saturated rings. The van der Waals surface area contributed by atoms with E-state index in [0.717, 1.165) is 25.7 Å². The van der Waals surface area contributed by atoms with Gasteiger partial charge < -0.3 is 5.32 Å². The molecule has 4 heteroatoms. The molecular weight excluding hydrogens is 207 g/mol. The molecule has 0 aliphatic heterocycles. The summed E-state index contributed by atoms with van der Waals surface area (Å²) in [4.78, 5) is 15.5. The predicted molar refractivity (Wildman–Crippen MR) is 59.4 cm³/mol. The van der Waals surface area contributed by atoms with E-state index in [1.165, 1.54) is 18.3 Å². The average molecular weight is 222 g/mol. The van der Waals surface area contributed by atoms with Crippen LogP contribution in [0.15, 0.2) is 18.3 Å². The zero-order chi connectivity index (χ0) is 11.6. The van der Waals surface area contributed by atoms with Crippen LogP contribution in [-0.4, -0.2) is 10.9 Å². The lowest BCUT2D eigenvalue weighted by atomic mass is 9.88. The van der Waals surface area contributed by atoms with Crippen LogP contribution < -0.4 is 5.32 Å². The van der Waals surface area contributed by atoms with Crippen LogP contribution in [0.5, 0.6) is 0 Å². The minimum Gasteiger partial charge on any atom is -0.324 e. The van der Waals surface area contributed by atoms with Gasteiger partial charge in [0.1, 0.15) is 0 Å². The Kier molecular flexibility index (Phi) is 2.90. The molecule has 1 aliphatic carbocycles. The Morgan fingerprint density at radius 1 is 1.44 bits per heavy atom. The molecule has 0 spiro atoms. The number of nitrogens with zero attached hydrogens (tertiary/aromatic N) is 1. The van der Waals surface area contributed by atoms with Crippen molar-refractivity contribution < 1.29 is 9.18 Å². The summed E-state index contributed by atoms with van der Waals surface area (Å²) in [5.74, 6) is -0.525. The third-order valence-corrected chi connectivity index (χ3v) is 3.24. The highest BCUT2D eigenvalue weighted by molar-refractivity contribution is 5.95. The van der Waals surface area contributed by atoms with Crippen molar-refractivity contribution in [3.8, 4) is 0 Å². The van der Waals surface area contributed by atoms with Gasteiger partial charge in [-0.3, -0.25) is 4.79 Å². The van der Waals surface area contributed by atoms with Crippen molar-refractivity contribution in [3.63, 3.8) is 0 Å². The van der Waals surface area contributed by atoms with Crippen LogP contribution in [0.1, 0.15) is 32.6 Å². The number of aromatic nitrogens is 1. The van der Waals surface area contributed by atoms with Gasteiger partial charge in [0, 0.05) is 5.41 Å². The topological polar surface area (TPSA) is 42.0 Å². The van der Waals surface area contributed by atoms with E-state index in [1.807, 2.05) is 6.92 Å². The molecule has 1 saturated carbocycles. The molecule has 0 radical (unpaired) electrons. The van der Waals surface area contributed by atoms with Gasteiger partial charge in [0.15, 0.2) is 0 Å². The number of anilines is 1. The Morgan fingerprint density at radius 2 is 2.12 bits per heavy atom. The van der Waals surface area contributed by atoms with Gasteiger partial charge in [-0.2, -0.15) is 4.39 Å². The van der Waals surface area contributed by atoms with E-state index in [4.69, 9.17) is 0 Å². The zero-order valence-corrected chi connectivity index (χ0v) is 9.29. The van der Waals surface area contributed by atoms with E-state index in [0.29, 0.717) is 5.69 Å². The minimum atomic E-state index is -0.537. The van der Waals surface area contributed by atoms with E-state index in [1.54, 1.807) is 0 Å². The fourth-order valence-electron chi connectivity index (χ4n) is 2.11. The van der Waals surface area contributed by atoms with E-state index >= 15 is 0 Å². The van der Waals surface area contributed by atoms with Gasteiger partial charge in [-0.1, -0.05) is 19.8 Å². The Hall–Kier alpha value is -1.45. The van der Waals surface area contributed by atoms with Gasteiger partial charge in [-0.05, 0) is 25.0 Å². The summed E-state index contributed by atoms with van der Waals surface area (Å²) in [6.45, 7) is 1.98. The molecule has 1 N–H and O–H groups in total. The van der Waals surface area contributed by atoms with Crippen LogP contribution in [-0.2, 0) is 4.79 Å². The van der Waals surface area contributed by atoms with E-state index in [-0.39, 0.29) is 11.3 Å². The third kappa shape index (κ3) is 2.21.